The van der Waals surface area contributed by atoms with Crippen molar-refractivity contribution in [3.8, 4) is 10.6 Å². The summed E-state index contributed by atoms with van der Waals surface area (Å²) in [6.45, 7) is 4.76. The lowest BCUT2D eigenvalue weighted by molar-refractivity contribution is 0.246. The topological polar surface area (TPSA) is 48.4 Å². The van der Waals surface area contributed by atoms with E-state index in [2.05, 4.69) is 49.4 Å². The maximum atomic E-state index is 4.82. The molecule has 0 aliphatic carbocycles. The quantitative estimate of drug-likeness (QED) is 0.678. The van der Waals surface area contributed by atoms with Crippen molar-refractivity contribution in [3.05, 3.63) is 53.7 Å². The zero-order chi connectivity index (χ0) is 18.6. The van der Waals surface area contributed by atoms with E-state index < -0.39 is 0 Å². The van der Waals surface area contributed by atoms with Gasteiger partial charge in [0.25, 0.3) is 0 Å². The molecule has 2 aromatic heterocycles. The smallest absolute Gasteiger partial charge is 0.227 e. The highest BCUT2D eigenvalue weighted by Gasteiger charge is 2.20. The number of piperazine rings is 1. The van der Waals surface area contributed by atoms with Crippen LogP contribution in [0.2, 0.25) is 0 Å². The first-order chi connectivity index (χ1) is 13.2. The van der Waals surface area contributed by atoms with E-state index in [0.717, 1.165) is 55.2 Å². The fourth-order valence-electron chi connectivity index (χ4n) is 3.17. The van der Waals surface area contributed by atoms with Crippen LogP contribution in [0.4, 0.5) is 11.8 Å². The monoisotopic (exact) mass is 380 g/mol. The normalized spacial score (nSPS) is 15.1. The van der Waals surface area contributed by atoms with E-state index in [-0.39, 0.29) is 0 Å². The fourth-order valence-corrected chi connectivity index (χ4v) is 3.99. The van der Waals surface area contributed by atoms with Crippen molar-refractivity contribution in [1.29, 1.82) is 0 Å². The van der Waals surface area contributed by atoms with Gasteiger partial charge in [-0.05, 0) is 6.07 Å². The molecule has 1 aliphatic heterocycles. The lowest BCUT2D eigenvalue weighted by Crippen LogP contribution is -2.46. The maximum absolute atomic E-state index is 4.82. The van der Waals surface area contributed by atoms with Crippen molar-refractivity contribution in [2.75, 3.05) is 50.1 Å². The minimum atomic E-state index is 0.820. The van der Waals surface area contributed by atoms with Gasteiger partial charge in [0.2, 0.25) is 5.95 Å². The van der Waals surface area contributed by atoms with E-state index in [4.69, 9.17) is 4.98 Å². The van der Waals surface area contributed by atoms with E-state index in [0.29, 0.717) is 0 Å². The predicted molar refractivity (Wildman–Crippen MR) is 111 cm³/mol. The third-order valence-electron chi connectivity index (χ3n) is 4.70. The fraction of sp³-hybridized carbons (Fsp3) is 0.350. The van der Waals surface area contributed by atoms with Crippen molar-refractivity contribution < 1.29 is 0 Å². The molecule has 7 heteroatoms. The summed E-state index contributed by atoms with van der Waals surface area (Å²) < 4.78 is 0. The molecule has 0 amide bonds. The molecule has 0 spiro atoms. The average molecular weight is 381 g/mol. The van der Waals surface area contributed by atoms with E-state index in [1.54, 1.807) is 11.3 Å². The molecule has 1 aliphatic rings. The van der Waals surface area contributed by atoms with Gasteiger partial charge in [0.1, 0.15) is 10.8 Å². The van der Waals surface area contributed by atoms with E-state index >= 15 is 0 Å². The molecule has 1 saturated heterocycles. The molecule has 1 fully saturated rings. The third kappa shape index (κ3) is 4.26. The number of aromatic nitrogens is 3. The number of hydrogen-bond donors (Lipinski definition) is 0. The molecule has 4 rings (SSSR count). The van der Waals surface area contributed by atoms with Gasteiger partial charge in [-0.2, -0.15) is 4.98 Å². The molecule has 3 heterocycles. The summed E-state index contributed by atoms with van der Waals surface area (Å²) in [7, 11) is 4.00. The Kier molecular flexibility index (Phi) is 5.31. The molecule has 3 aromatic rings. The second-order valence-electron chi connectivity index (χ2n) is 6.88. The first-order valence-electron chi connectivity index (χ1n) is 9.16. The molecule has 0 atom stereocenters. The molecular formula is C20H24N6S. The predicted octanol–water partition coefficient (Wildman–Crippen LogP) is 2.99. The Balaban J connectivity index is 1.35. The van der Waals surface area contributed by atoms with Gasteiger partial charge in [0.05, 0.1) is 5.69 Å². The van der Waals surface area contributed by atoms with Crippen LogP contribution in [0.3, 0.4) is 0 Å². The minimum Gasteiger partial charge on any atom is -0.363 e. The molecule has 27 heavy (non-hydrogen) atoms. The Labute approximate surface area is 164 Å². The summed E-state index contributed by atoms with van der Waals surface area (Å²) >= 11 is 1.72. The number of rotatable bonds is 5. The SMILES string of the molecule is CN(C)c1ccnc(N2CCN(Cc3csc(-c4ccccc4)n3)CC2)n1. The summed E-state index contributed by atoms with van der Waals surface area (Å²) in [6.07, 6.45) is 1.84. The van der Waals surface area contributed by atoms with Crippen LogP contribution in [-0.4, -0.2) is 60.1 Å². The number of nitrogens with zero attached hydrogens (tertiary/aromatic N) is 6. The van der Waals surface area contributed by atoms with Crippen LogP contribution in [0.1, 0.15) is 5.69 Å². The summed E-state index contributed by atoms with van der Waals surface area (Å²) in [4.78, 5) is 20.6. The molecule has 0 saturated carbocycles. The molecule has 0 unspecified atom stereocenters. The first kappa shape index (κ1) is 17.9. The van der Waals surface area contributed by atoms with Gasteiger partial charge in [-0.1, -0.05) is 30.3 Å². The van der Waals surface area contributed by atoms with Crippen molar-refractivity contribution in [2.24, 2.45) is 0 Å². The Hall–Kier alpha value is -2.51. The van der Waals surface area contributed by atoms with Crippen molar-refractivity contribution >= 4 is 23.1 Å². The van der Waals surface area contributed by atoms with Crippen LogP contribution in [0.5, 0.6) is 0 Å². The molecule has 6 nitrogen and oxygen atoms in total. The van der Waals surface area contributed by atoms with Gasteiger partial charge in [0, 0.05) is 64.0 Å². The summed E-state index contributed by atoms with van der Waals surface area (Å²) in [5.41, 5.74) is 2.34. The summed E-state index contributed by atoms with van der Waals surface area (Å²) in [5, 5.41) is 3.27. The van der Waals surface area contributed by atoms with E-state index in [9.17, 15) is 0 Å². The van der Waals surface area contributed by atoms with Crippen LogP contribution >= 0.6 is 11.3 Å². The van der Waals surface area contributed by atoms with Crippen LogP contribution in [-0.2, 0) is 6.54 Å². The van der Waals surface area contributed by atoms with Crippen molar-refractivity contribution in [2.45, 2.75) is 6.54 Å². The van der Waals surface area contributed by atoms with Gasteiger partial charge < -0.3 is 9.80 Å². The Morgan fingerprint density at radius 1 is 1.00 bits per heavy atom. The maximum Gasteiger partial charge on any atom is 0.227 e. The summed E-state index contributed by atoms with van der Waals surface area (Å²) in [5.74, 6) is 1.76. The van der Waals surface area contributed by atoms with Gasteiger partial charge >= 0.3 is 0 Å². The van der Waals surface area contributed by atoms with Crippen LogP contribution < -0.4 is 9.80 Å². The molecule has 0 radical (unpaired) electrons. The highest BCUT2D eigenvalue weighted by molar-refractivity contribution is 7.13. The Morgan fingerprint density at radius 2 is 1.78 bits per heavy atom. The molecular weight excluding hydrogens is 356 g/mol. The summed E-state index contributed by atoms with van der Waals surface area (Å²) in [6, 6.07) is 12.3. The lowest BCUT2D eigenvalue weighted by atomic mass is 10.2. The molecule has 140 valence electrons. The van der Waals surface area contributed by atoms with Crippen molar-refractivity contribution in [1.82, 2.24) is 19.9 Å². The zero-order valence-corrected chi connectivity index (χ0v) is 16.6. The van der Waals surface area contributed by atoms with Gasteiger partial charge in [-0.25, -0.2) is 9.97 Å². The first-order valence-corrected chi connectivity index (χ1v) is 10.0. The standard InChI is InChI=1S/C20H24N6S/c1-24(2)18-8-9-21-20(23-18)26-12-10-25(11-13-26)14-17-15-27-19(22-17)16-6-4-3-5-7-16/h3-9,15H,10-14H2,1-2H3. The molecule has 0 bridgehead atoms. The third-order valence-corrected chi connectivity index (χ3v) is 5.64. The highest BCUT2D eigenvalue weighted by atomic mass is 32.1. The van der Waals surface area contributed by atoms with Gasteiger partial charge in [0.15, 0.2) is 0 Å². The van der Waals surface area contributed by atoms with E-state index in [1.807, 2.05) is 37.3 Å². The molecule has 1 aromatic carbocycles. The van der Waals surface area contributed by atoms with Gasteiger partial charge in [-0.15, -0.1) is 11.3 Å². The average Bonchev–Trinajstić information content (AvgIpc) is 3.18. The van der Waals surface area contributed by atoms with Crippen LogP contribution in [0.25, 0.3) is 10.6 Å². The van der Waals surface area contributed by atoms with Crippen LogP contribution in [0, 0.1) is 0 Å². The van der Waals surface area contributed by atoms with Crippen molar-refractivity contribution in [3.63, 3.8) is 0 Å². The highest BCUT2D eigenvalue weighted by Crippen LogP contribution is 2.24. The second kappa shape index (κ2) is 8.02. The number of thiazole rings is 1. The molecule has 0 N–H and O–H groups in total. The Morgan fingerprint density at radius 3 is 2.52 bits per heavy atom. The zero-order valence-electron chi connectivity index (χ0n) is 15.7. The van der Waals surface area contributed by atoms with Gasteiger partial charge in [-0.3, -0.25) is 4.90 Å². The Bertz CT molecular complexity index is 871. The second-order valence-corrected chi connectivity index (χ2v) is 7.74. The van der Waals surface area contributed by atoms with E-state index in [1.165, 1.54) is 5.56 Å². The number of anilines is 2. The number of benzene rings is 1. The largest absolute Gasteiger partial charge is 0.363 e. The minimum absolute atomic E-state index is 0.820. The van der Waals surface area contributed by atoms with Crippen LogP contribution in [0.15, 0.2) is 48.0 Å². The lowest BCUT2D eigenvalue weighted by Gasteiger charge is -2.34. The number of hydrogen-bond acceptors (Lipinski definition) is 7.